The van der Waals surface area contributed by atoms with E-state index in [9.17, 15) is 14.9 Å². The van der Waals surface area contributed by atoms with Gasteiger partial charge in [0.15, 0.2) is 5.11 Å². The molecule has 0 bridgehead atoms. The number of benzene rings is 1. The largest absolute Gasteiger partial charge is 0.457 e. The third kappa shape index (κ3) is 2.97. The van der Waals surface area contributed by atoms with Gasteiger partial charge in [0.05, 0.1) is 4.92 Å². The van der Waals surface area contributed by atoms with Crippen LogP contribution in [0.3, 0.4) is 0 Å². The van der Waals surface area contributed by atoms with Crippen LogP contribution in [-0.4, -0.2) is 15.9 Å². The monoisotopic (exact) mass is 329 g/mol. The molecule has 0 spiro atoms. The van der Waals surface area contributed by atoms with Crippen molar-refractivity contribution < 1.29 is 14.1 Å². The lowest BCUT2D eigenvalue weighted by molar-refractivity contribution is -0.385. The van der Waals surface area contributed by atoms with Crippen molar-refractivity contribution in [2.45, 2.75) is 6.92 Å². The Hall–Kier alpha value is -3.00. The second kappa shape index (κ2) is 5.65. The quantitative estimate of drug-likeness (QED) is 0.389. The SMILES string of the molecule is Cc1cc(-c2ccc(/C=C3/NC(=S)NC3=O)o2)ccc1[N+](=O)[O-]. The summed E-state index contributed by atoms with van der Waals surface area (Å²) in [5.74, 6) is 0.702. The van der Waals surface area contributed by atoms with Crippen molar-refractivity contribution >= 4 is 35.0 Å². The average molecular weight is 329 g/mol. The number of nitrogens with one attached hydrogen (secondary N) is 2. The number of carbonyl (C=O) groups is 1. The van der Waals surface area contributed by atoms with E-state index in [0.29, 0.717) is 22.8 Å². The van der Waals surface area contributed by atoms with Gasteiger partial charge in [-0.05, 0) is 43.4 Å². The van der Waals surface area contributed by atoms with Crippen LogP contribution in [0.4, 0.5) is 5.69 Å². The molecule has 0 atom stereocenters. The number of rotatable bonds is 3. The molecule has 0 unspecified atom stereocenters. The summed E-state index contributed by atoms with van der Waals surface area (Å²) in [4.78, 5) is 22.0. The molecule has 2 heterocycles. The molecule has 1 amide bonds. The summed E-state index contributed by atoms with van der Waals surface area (Å²) in [6.45, 7) is 1.67. The van der Waals surface area contributed by atoms with Gasteiger partial charge in [-0.1, -0.05) is 0 Å². The molecular weight excluding hydrogens is 318 g/mol. The third-order valence-corrected chi connectivity index (χ3v) is 3.52. The summed E-state index contributed by atoms with van der Waals surface area (Å²) >= 11 is 4.85. The number of furan rings is 1. The minimum atomic E-state index is -0.426. The van der Waals surface area contributed by atoms with Crippen molar-refractivity contribution in [2.75, 3.05) is 0 Å². The van der Waals surface area contributed by atoms with E-state index < -0.39 is 4.92 Å². The predicted molar refractivity (Wildman–Crippen MR) is 87.4 cm³/mol. The summed E-state index contributed by atoms with van der Waals surface area (Å²) in [5.41, 5.74) is 1.63. The topological polar surface area (TPSA) is 97.4 Å². The normalized spacial score (nSPS) is 15.6. The Morgan fingerprint density at radius 2 is 2.04 bits per heavy atom. The fourth-order valence-corrected chi connectivity index (χ4v) is 2.43. The molecule has 0 aliphatic carbocycles. The van der Waals surface area contributed by atoms with Gasteiger partial charge in [-0.25, -0.2) is 0 Å². The second-order valence-electron chi connectivity index (χ2n) is 4.93. The van der Waals surface area contributed by atoms with Gasteiger partial charge >= 0.3 is 0 Å². The number of thiocarbonyl (C=S) groups is 1. The molecular formula is C15H11N3O4S. The lowest BCUT2D eigenvalue weighted by Gasteiger charge is -2.00. The summed E-state index contributed by atoms with van der Waals surface area (Å²) in [6, 6.07) is 8.18. The molecule has 0 radical (unpaired) electrons. The zero-order valence-electron chi connectivity index (χ0n) is 12.0. The zero-order valence-corrected chi connectivity index (χ0v) is 12.8. The first-order chi connectivity index (χ1) is 10.9. The van der Waals surface area contributed by atoms with Gasteiger partial charge in [-0.15, -0.1) is 0 Å². The van der Waals surface area contributed by atoms with E-state index in [4.69, 9.17) is 16.6 Å². The minimum absolute atomic E-state index is 0.0583. The zero-order chi connectivity index (χ0) is 16.6. The molecule has 23 heavy (non-hydrogen) atoms. The highest BCUT2D eigenvalue weighted by atomic mass is 32.1. The van der Waals surface area contributed by atoms with Crippen molar-refractivity contribution in [3.05, 3.63) is 57.5 Å². The molecule has 1 aromatic carbocycles. The third-order valence-electron chi connectivity index (χ3n) is 3.31. The van der Waals surface area contributed by atoms with E-state index in [2.05, 4.69) is 10.6 Å². The van der Waals surface area contributed by atoms with Crippen LogP contribution in [0.1, 0.15) is 11.3 Å². The Balaban J connectivity index is 1.89. The van der Waals surface area contributed by atoms with Gasteiger partial charge in [-0.2, -0.15) is 0 Å². The maximum absolute atomic E-state index is 11.6. The van der Waals surface area contributed by atoms with E-state index in [1.165, 1.54) is 12.1 Å². The van der Waals surface area contributed by atoms with E-state index in [1.807, 2.05) is 0 Å². The van der Waals surface area contributed by atoms with Gasteiger partial charge in [-0.3, -0.25) is 20.2 Å². The molecule has 116 valence electrons. The molecule has 8 heteroatoms. The first-order valence-corrected chi connectivity index (χ1v) is 7.04. The number of hydrogen-bond donors (Lipinski definition) is 2. The van der Waals surface area contributed by atoms with Crippen LogP contribution in [0.5, 0.6) is 0 Å². The van der Waals surface area contributed by atoms with Crippen LogP contribution in [0.2, 0.25) is 0 Å². The van der Waals surface area contributed by atoms with Gasteiger partial charge in [0.2, 0.25) is 0 Å². The molecule has 2 N–H and O–H groups in total. The van der Waals surface area contributed by atoms with Crippen molar-refractivity contribution in [2.24, 2.45) is 0 Å². The average Bonchev–Trinajstić information content (AvgIpc) is 3.06. The minimum Gasteiger partial charge on any atom is -0.457 e. The van der Waals surface area contributed by atoms with Crippen LogP contribution in [-0.2, 0) is 4.79 Å². The van der Waals surface area contributed by atoms with E-state index in [1.54, 1.807) is 31.2 Å². The van der Waals surface area contributed by atoms with Crippen molar-refractivity contribution in [3.8, 4) is 11.3 Å². The predicted octanol–water partition coefficient (Wildman–Crippen LogP) is 2.51. The van der Waals surface area contributed by atoms with E-state index >= 15 is 0 Å². The highest BCUT2D eigenvalue weighted by Gasteiger charge is 2.20. The van der Waals surface area contributed by atoms with Gasteiger partial charge < -0.3 is 9.73 Å². The number of nitro benzene ring substituents is 1. The molecule has 1 saturated heterocycles. The summed E-state index contributed by atoms with van der Waals surface area (Å²) < 4.78 is 5.66. The molecule has 3 rings (SSSR count). The molecule has 1 aromatic heterocycles. The smallest absolute Gasteiger partial charge is 0.274 e. The van der Waals surface area contributed by atoms with Crippen molar-refractivity contribution in [1.82, 2.24) is 10.6 Å². The number of amides is 1. The Morgan fingerprint density at radius 3 is 2.65 bits per heavy atom. The maximum Gasteiger partial charge on any atom is 0.274 e. The second-order valence-corrected chi connectivity index (χ2v) is 5.33. The first-order valence-electron chi connectivity index (χ1n) is 6.63. The van der Waals surface area contributed by atoms with Crippen LogP contribution in [0, 0.1) is 17.0 Å². The summed E-state index contributed by atoms with van der Waals surface area (Å²) in [5, 5.41) is 16.3. The Morgan fingerprint density at radius 1 is 1.26 bits per heavy atom. The maximum atomic E-state index is 11.6. The highest BCUT2D eigenvalue weighted by molar-refractivity contribution is 7.80. The molecule has 2 aromatic rings. The molecule has 0 saturated carbocycles. The van der Waals surface area contributed by atoms with Gasteiger partial charge in [0.25, 0.3) is 11.6 Å². The van der Waals surface area contributed by atoms with E-state index in [0.717, 1.165) is 5.56 Å². The summed E-state index contributed by atoms with van der Waals surface area (Å²) in [7, 11) is 0. The molecule has 1 fully saturated rings. The number of carbonyl (C=O) groups excluding carboxylic acids is 1. The van der Waals surface area contributed by atoms with Crippen LogP contribution >= 0.6 is 12.2 Å². The molecule has 7 nitrogen and oxygen atoms in total. The fourth-order valence-electron chi connectivity index (χ4n) is 2.22. The first kappa shape index (κ1) is 14.9. The number of nitro groups is 1. The summed E-state index contributed by atoms with van der Waals surface area (Å²) in [6.07, 6.45) is 1.54. The van der Waals surface area contributed by atoms with E-state index in [-0.39, 0.29) is 16.7 Å². The number of nitrogens with zero attached hydrogens (tertiary/aromatic N) is 1. The lowest BCUT2D eigenvalue weighted by atomic mass is 10.1. The standard InChI is InChI=1S/C15H11N3O4S/c1-8-6-9(2-4-12(8)18(20)21)13-5-3-10(22-13)7-11-14(19)17-15(23)16-11/h2-7H,1H3,(H2,16,17,19,23)/b11-7+. The molecule has 1 aliphatic heterocycles. The van der Waals surface area contributed by atoms with Crippen LogP contribution < -0.4 is 10.6 Å². The van der Waals surface area contributed by atoms with Crippen molar-refractivity contribution in [1.29, 1.82) is 0 Å². The highest BCUT2D eigenvalue weighted by Crippen LogP contribution is 2.28. The number of hydrogen-bond acceptors (Lipinski definition) is 5. The Labute approximate surface area is 136 Å². The Bertz CT molecular complexity index is 869. The van der Waals surface area contributed by atoms with Crippen molar-refractivity contribution in [3.63, 3.8) is 0 Å². The van der Waals surface area contributed by atoms with Crippen LogP contribution in [0.25, 0.3) is 17.4 Å². The molecule has 1 aliphatic rings. The Kier molecular flexibility index (Phi) is 3.67. The van der Waals surface area contributed by atoms with Gasteiger partial charge in [0.1, 0.15) is 17.2 Å². The van der Waals surface area contributed by atoms with Crippen LogP contribution in [0.15, 0.2) is 40.4 Å². The fraction of sp³-hybridized carbons (Fsp3) is 0.0667. The van der Waals surface area contributed by atoms with Gasteiger partial charge in [0, 0.05) is 23.3 Å². The lowest BCUT2D eigenvalue weighted by Crippen LogP contribution is -2.21. The number of aryl methyl sites for hydroxylation is 1.